The van der Waals surface area contributed by atoms with Gasteiger partial charge in [0.15, 0.2) is 17.2 Å². The van der Waals surface area contributed by atoms with Crippen LogP contribution in [0.25, 0.3) is 10.9 Å². The molecule has 1 aliphatic heterocycles. The summed E-state index contributed by atoms with van der Waals surface area (Å²) in [6.45, 7) is 0.688. The third-order valence-corrected chi connectivity index (χ3v) is 3.83. The first-order valence-corrected chi connectivity index (χ1v) is 7.70. The van der Waals surface area contributed by atoms with Gasteiger partial charge >= 0.3 is 5.69 Å². The number of nitro benzene ring substituents is 1. The van der Waals surface area contributed by atoms with Crippen molar-refractivity contribution in [3.05, 3.63) is 52.7 Å². The first-order chi connectivity index (χ1) is 12.6. The Morgan fingerprint density at radius 3 is 2.58 bits per heavy atom. The first-order valence-electron chi connectivity index (χ1n) is 7.70. The normalized spacial score (nSPS) is 13.2. The van der Waals surface area contributed by atoms with Gasteiger partial charge in [0.25, 0.3) is 0 Å². The van der Waals surface area contributed by atoms with Crippen molar-refractivity contribution in [2.24, 2.45) is 10.2 Å². The summed E-state index contributed by atoms with van der Waals surface area (Å²) < 4.78 is 10.8. The molecule has 2 aromatic carbocycles. The minimum atomic E-state index is -0.552. The van der Waals surface area contributed by atoms with E-state index < -0.39 is 4.92 Å². The van der Waals surface area contributed by atoms with Crippen LogP contribution in [-0.4, -0.2) is 28.2 Å². The molecule has 0 atom stereocenters. The lowest BCUT2D eigenvalue weighted by atomic mass is 10.2. The fourth-order valence-corrected chi connectivity index (χ4v) is 2.63. The van der Waals surface area contributed by atoms with Gasteiger partial charge in [0.05, 0.1) is 16.7 Å². The summed E-state index contributed by atoms with van der Waals surface area (Å²) in [5.74, 6) is 0.707. The number of hydrogen-bond donors (Lipinski definition) is 1. The molecule has 4 rings (SSSR count). The number of pyridine rings is 1. The van der Waals surface area contributed by atoms with Crippen LogP contribution in [0, 0.1) is 10.1 Å². The van der Waals surface area contributed by atoms with Gasteiger partial charge in [-0.3, -0.25) is 15.1 Å². The molecular formula is C17H12N4O5. The number of aromatic nitrogens is 1. The number of nitro groups is 1. The highest BCUT2D eigenvalue weighted by atomic mass is 16.6. The Morgan fingerprint density at radius 2 is 1.81 bits per heavy atom. The summed E-state index contributed by atoms with van der Waals surface area (Å²) in [6, 6.07) is 9.15. The standard InChI is InChI=1S/C17H12N4O5/c22-14-4-3-11(10-2-1-5-18-17(10)14)19-20-12-8-15-16(26-7-6-25-15)9-13(12)21(23)24/h1-5,8-9,22H,6-7H2. The van der Waals surface area contributed by atoms with Crippen molar-refractivity contribution in [3.63, 3.8) is 0 Å². The van der Waals surface area contributed by atoms with E-state index in [0.717, 1.165) is 0 Å². The Balaban J connectivity index is 1.80. The van der Waals surface area contributed by atoms with Crippen molar-refractivity contribution >= 4 is 28.0 Å². The van der Waals surface area contributed by atoms with E-state index in [-0.39, 0.29) is 17.1 Å². The molecule has 0 saturated carbocycles. The molecular weight excluding hydrogens is 340 g/mol. The zero-order valence-electron chi connectivity index (χ0n) is 13.3. The van der Waals surface area contributed by atoms with Crippen LogP contribution in [0.1, 0.15) is 0 Å². The number of azo groups is 1. The summed E-state index contributed by atoms with van der Waals surface area (Å²) in [5, 5.41) is 29.9. The van der Waals surface area contributed by atoms with Crippen LogP contribution in [0.5, 0.6) is 17.2 Å². The Kier molecular flexibility index (Phi) is 3.81. The average Bonchev–Trinajstić information content (AvgIpc) is 2.67. The largest absolute Gasteiger partial charge is 0.506 e. The fourth-order valence-electron chi connectivity index (χ4n) is 2.63. The molecule has 0 fully saturated rings. The third kappa shape index (κ3) is 2.75. The maximum Gasteiger partial charge on any atom is 0.300 e. The number of phenols is 1. The van der Waals surface area contributed by atoms with Crippen molar-refractivity contribution in [2.75, 3.05) is 13.2 Å². The second-order valence-corrected chi connectivity index (χ2v) is 5.45. The van der Waals surface area contributed by atoms with Gasteiger partial charge in [-0.25, -0.2) is 0 Å². The van der Waals surface area contributed by atoms with E-state index in [4.69, 9.17) is 9.47 Å². The zero-order valence-corrected chi connectivity index (χ0v) is 13.3. The molecule has 130 valence electrons. The predicted molar refractivity (Wildman–Crippen MR) is 91.7 cm³/mol. The molecule has 9 nitrogen and oxygen atoms in total. The maximum atomic E-state index is 11.3. The SMILES string of the molecule is O=[N+]([O-])c1cc2c(cc1N=Nc1ccc(O)c3ncccc13)OCCO2. The maximum absolute atomic E-state index is 11.3. The molecule has 26 heavy (non-hydrogen) atoms. The van der Waals surface area contributed by atoms with Crippen molar-refractivity contribution in [3.8, 4) is 17.2 Å². The van der Waals surface area contributed by atoms with Crippen LogP contribution >= 0.6 is 0 Å². The van der Waals surface area contributed by atoms with Gasteiger partial charge in [-0.1, -0.05) is 0 Å². The van der Waals surface area contributed by atoms with E-state index >= 15 is 0 Å². The smallest absolute Gasteiger partial charge is 0.300 e. The number of rotatable bonds is 3. The van der Waals surface area contributed by atoms with E-state index in [1.165, 1.54) is 18.2 Å². The van der Waals surface area contributed by atoms with E-state index in [9.17, 15) is 15.2 Å². The summed E-state index contributed by atoms with van der Waals surface area (Å²) in [6.07, 6.45) is 1.55. The first kappa shape index (κ1) is 15.8. The molecule has 0 unspecified atom stereocenters. The fraction of sp³-hybridized carbons (Fsp3) is 0.118. The molecule has 0 spiro atoms. The van der Waals surface area contributed by atoms with Crippen LogP contribution in [-0.2, 0) is 0 Å². The van der Waals surface area contributed by atoms with E-state index in [1.54, 1.807) is 24.4 Å². The molecule has 1 N–H and O–H groups in total. The summed E-state index contributed by atoms with van der Waals surface area (Å²) in [5.41, 5.74) is 0.610. The molecule has 3 aromatic rings. The lowest BCUT2D eigenvalue weighted by Gasteiger charge is -2.18. The second kappa shape index (κ2) is 6.28. The highest BCUT2D eigenvalue weighted by Crippen LogP contribution is 2.41. The van der Waals surface area contributed by atoms with Crippen molar-refractivity contribution < 1.29 is 19.5 Å². The lowest BCUT2D eigenvalue weighted by Crippen LogP contribution is -2.15. The molecule has 0 aliphatic carbocycles. The summed E-state index contributed by atoms with van der Waals surface area (Å²) in [7, 11) is 0. The van der Waals surface area contributed by atoms with Gasteiger partial charge in [-0.15, -0.1) is 10.2 Å². The van der Waals surface area contributed by atoms with Gasteiger partial charge in [-0.2, -0.15) is 0 Å². The molecule has 9 heteroatoms. The molecule has 0 saturated heterocycles. The Hall–Kier alpha value is -3.75. The third-order valence-electron chi connectivity index (χ3n) is 3.83. The van der Waals surface area contributed by atoms with Gasteiger partial charge in [0.1, 0.15) is 24.5 Å². The highest BCUT2D eigenvalue weighted by molar-refractivity contribution is 5.93. The number of fused-ring (bicyclic) bond motifs is 2. The Morgan fingerprint density at radius 1 is 1.08 bits per heavy atom. The number of aromatic hydroxyl groups is 1. The summed E-state index contributed by atoms with van der Waals surface area (Å²) >= 11 is 0. The number of hydrogen-bond acceptors (Lipinski definition) is 8. The second-order valence-electron chi connectivity index (χ2n) is 5.45. The molecule has 2 heterocycles. The van der Waals surface area contributed by atoms with Gasteiger partial charge < -0.3 is 14.6 Å². The highest BCUT2D eigenvalue weighted by Gasteiger charge is 2.22. The predicted octanol–water partition coefficient (Wildman–Crippen LogP) is 4.04. The van der Waals surface area contributed by atoms with Crippen molar-refractivity contribution in [1.29, 1.82) is 0 Å². The Labute approximate surface area is 146 Å². The molecule has 0 bridgehead atoms. The minimum absolute atomic E-state index is 0.0184. The van der Waals surface area contributed by atoms with E-state index in [1.807, 2.05) is 0 Å². The van der Waals surface area contributed by atoms with Crippen molar-refractivity contribution in [1.82, 2.24) is 4.98 Å². The number of benzene rings is 2. The van der Waals surface area contributed by atoms with Crippen LogP contribution in [0.3, 0.4) is 0 Å². The van der Waals surface area contributed by atoms with Gasteiger partial charge in [0.2, 0.25) is 0 Å². The van der Waals surface area contributed by atoms with E-state index in [0.29, 0.717) is 41.3 Å². The van der Waals surface area contributed by atoms with E-state index in [2.05, 4.69) is 15.2 Å². The number of nitrogens with zero attached hydrogens (tertiary/aromatic N) is 4. The molecule has 0 amide bonds. The van der Waals surface area contributed by atoms with Crippen LogP contribution < -0.4 is 9.47 Å². The van der Waals surface area contributed by atoms with Crippen LogP contribution in [0.2, 0.25) is 0 Å². The van der Waals surface area contributed by atoms with Crippen LogP contribution in [0.15, 0.2) is 52.8 Å². The number of ether oxygens (including phenoxy) is 2. The zero-order chi connectivity index (χ0) is 18.1. The molecule has 1 aromatic heterocycles. The topological polar surface area (TPSA) is 119 Å². The quantitative estimate of drug-likeness (QED) is 0.431. The average molecular weight is 352 g/mol. The van der Waals surface area contributed by atoms with Crippen molar-refractivity contribution in [2.45, 2.75) is 0 Å². The minimum Gasteiger partial charge on any atom is -0.506 e. The Bertz CT molecular complexity index is 1050. The lowest BCUT2D eigenvalue weighted by molar-refractivity contribution is -0.384. The van der Waals surface area contributed by atoms with Crippen LogP contribution in [0.4, 0.5) is 17.1 Å². The number of phenolic OH excluding ortho intramolecular Hbond substituents is 1. The summed E-state index contributed by atoms with van der Waals surface area (Å²) in [4.78, 5) is 14.9. The molecule has 0 radical (unpaired) electrons. The monoisotopic (exact) mass is 352 g/mol. The van der Waals surface area contributed by atoms with Gasteiger partial charge in [-0.05, 0) is 24.3 Å². The molecule has 1 aliphatic rings. The van der Waals surface area contributed by atoms with Gasteiger partial charge in [0, 0.05) is 17.6 Å².